The van der Waals surface area contributed by atoms with Crippen LogP contribution >= 0.6 is 34.4 Å². The van der Waals surface area contributed by atoms with Crippen molar-refractivity contribution in [2.24, 2.45) is 0 Å². The number of nitrogens with zero attached hydrogens (tertiary/aromatic N) is 2. The van der Waals surface area contributed by atoms with Crippen LogP contribution in [-0.4, -0.2) is 25.3 Å². The minimum atomic E-state index is -3.95. The fourth-order valence-electron chi connectivity index (χ4n) is 3.46. The summed E-state index contributed by atoms with van der Waals surface area (Å²) in [4.78, 5) is 6.03. The Morgan fingerprint density at radius 3 is 2.69 bits per heavy atom. The van der Waals surface area contributed by atoms with Gasteiger partial charge in [0, 0.05) is 22.7 Å². The molecule has 1 aliphatic rings. The molecule has 0 spiro atoms. The van der Waals surface area contributed by atoms with Crippen molar-refractivity contribution in [3.8, 4) is 0 Å². The highest BCUT2D eigenvalue weighted by Gasteiger charge is 2.28. The van der Waals surface area contributed by atoms with Crippen LogP contribution in [0, 0.1) is 13.8 Å². The second kappa shape index (κ2) is 8.03. The van der Waals surface area contributed by atoms with E-state index in [2.05, 4.69) is 60.6 Å². The summed E-state index contributed by atoms with van der Waals surface area (Å²) in [5.41, 5.74) is 2.52. The maximum atomic E-state index is 11.2. The van der Waals surface area contributed by atoms with Gasteiger partial charge in [-0.25, -0.2) is 0 Å². The molecule has 0 atom stereocenters. The standard InChI is InChI=1S/C20H22N2O3S4/c1-4-21-15-8-5-6-9-16(15)27-17(21)12-18-22(10-7-11-29(23,24)25)20-19(28-18)13(2)14(3)26-20/h5-6,8-9,12H,4,7,10-11H2,1-3H3/p+1. The molecule has 0 saturated heterocycles. The van der Waals surface area contributed by atoms with Crippen LogP contribution in [0.1, 0.15) is 28.8 Å². The molecule has 0 amide bonds. The largest absolute Gasteiger partial charge is 0.335 e. The first-order valence-electron chi connectivity index (χ1n) is 9.42. The van der Waals surface area contributed by atoms with Crippen LogP contribution in [0.2, 0.25) is 0 Å². The first kappa shape index (κ1) is 20.9. The second-order valence-corrected chi connectivity index (χ2v) is 11.8. The topological polar surface area (TPSA) is 61.5 Å². The van der Waals surface area contributed by atoms with E-state index in [1.165, 1.54) is 35.6 Å². The lowest BCUT2D eigenvalue weighted by atomic mass is 10.3. The van der Waals surface area contributed by atoms with Gasteiger partial charge in [0.25, 0.3) is 20.0 Å². The summed E-state index contributed by atoms with van der Waals surface area (Å²) in [5, 5.41) is 2.29. The number of para-hydroxylation sites is 1. The monoisotopic (exact) mass is 467 g/mol. The van der Waals surface area contributed by atoms with Crippen LogP contribution in [0.25, 0.3) is 15.6 Å². The van der Waals surface area contributed by atoms with Crippen LogP contribution in [0.4, 0.5) is 5.69 Å². The number of hydrogen-bond donors (Lipinski definition) is 1. The molecule has 9 heteroatoms. The van der Waals surface area contributed by atoms with E-state index in [0.717, 1.165) is 11.6 Å². The molecule has 1 N–H and O–H groups in total. The molecule has 3 aromatic rings. The van der Waals surface area contributed by atoms with Crippen molar-refractivity contribution in [1.82, 2.24) is 0 Å². The van der Waals surface area contributed by atoms with Crippen molar-refractivity contribution in [3.05, 3.63) is 44.7 Å². The SMILES string of the molecule is CCN1C(=Cc2sc3c(C)c(C)sc3[n+]2CCCS(=O)(=O)O)Sc2ccccc21. The van der Waals surface area contributed by atoms with Gasteiger partial charge in [-0.1, -0.05) is 46.6 Å². The Hall–Kier alpha value is -1.39. The first-order chi connectivity index (χ1) is 13.8. The van der Waals surface area contributed by atoms with Gasteiger partial charge in [-0.3, -0.25) is 4.55 Å². The Morgan fingerprint density at radius 1 is 1.21 bits per heavy atom. The highest BCUT2D eigenvalue weighted by molar-refractivity contribution is 8.03. The smallest absolute Gasteiger partial charge is 0.280 e. The maximum absolute atomic E-state index is 11.2. The zero-order valence-electron chi connectivity index (χ0n) is 16.5. The fraction of sp³-hybridized carbons (Fsp3) is 0.350. The molecule has 0 aliphatic carbocycles. The van der Waals surface area contributed by atoms with Crippen molar-refractivity contribution in [1.29, 1.82) is 0 Å². The third-order valence-electron chi connectivity index (χ3n) is 5.01. The van der Waals surface area contributed by atoms with E-state index in [-0.39, 0.29) is 5.75 Å². The minimum absolute atomic E-state index is 0.224. The summed E-state index contributed by atoms with van der Waals surface area (Å²) < 4.78 is 35.0. The number of benzene rings is 1. The molecule has 0 bridgehead atoms. The number of anilines is 1. The number of aromatic nitrogens is 1. The van der Waals surface area contributed by atoms with Crippen molar-refractivity contribution >= 4 is 65.8 Å². The number of rotatable bonds is 6. The van der Waals surface area contributed by atoms with E-state index >= 15 is 0 Å². The van der Waals surface area contributed by atoms with Crippen LogP contribution in [0.3, 0.4) is 0 Å². The number of aryl methyl sites for hydroxylation is 3. The predicted molar refractivity (Wildman–Crippen MR) is 124 cm³/mol. The molecule has 5 nitrogen and oxygen atoms in total. The molecule has 2 aromatic heterocycles. The van der Waals surface area contributed by atoms with E-state index in [9.17, 15) is 8.42 Å². The lowest BCUT2D eigenvalue weighted by molar-refractivity contribution is -0.666. The van der Waals surface area contributed by atoms with E-state index in [1.807, 2.05) is 0 Å². The van der Waals surface area contributed by atoms with Gasteiger partial charge in [0.15, 0.2) is 6.54 Å². The van der Waals surface area contributed by atoms with E-state index in [1.54, 1.807) is 34.4 Å². The van der Waals surface area contributed by atoms with Crippen molar-refractivity contribution in [2.75, 3.05) is 17.2 Å². The highest BCUT2D eigenvalue weighted by atomic mass is 32.2. The van der Waals surface area contributed by atoms with Crippen LogP contribution in [0.5, 0.6) is 0 Å². The van der Waals surface area contributed by atoms with Gasteiger partial charge >= 0.3 is 0 Å². The lowest BCUT2D eigenvalue weighted by Crippen LogP contribution is -2.35. The fourth-order valence-corrected chi connectivity index (χ4v) is 7.83. The third-order valence-corrected chi connectivity index (χ3v) is 9.54. The zero-order chi connectivity index (χ0) is 20.8. The molecule has 4 rings (SSSR count). The van der Waals surface area contributed by atoms with Gasteiger partial charge in [-0.2, -0.15) is 13.0 Å². The molecular weight excluding hydrogens is 444 g/mol. The quantitative estimate of drug-likeness (QED) is 0.405. The normalized spacial score (nSPS) is 15.6. The first-order valence-corrected chi connectivity index (χ1v) is 13.5. The molecule has 0 fully saturated rings. The second-order valence-electron chi connectivity index (χ2n) is 6.95. The summed E-state index contributed by atoms with van der Waals surface area (Å²) in [6.07, 6.45) is 2.60. The van der Waals surface area contributed by atoms with Gasteiger partial charge < -0.3 is 4.90 Å². The van der Waals surface area contributed by atoms with Crippen LogP contribution in [0.15, 0.2) is 34.2 Å². The van der Waals surface area contributed by atoms with Crippen molar-refractivity contribution < 1.29 is 17.5 Å². The number of hydrogen-bond acceptors (Lipinski definition) is 6. The van der Waals surface area contributed by atoms with Crippen LogP contribution in [-0.2, 0) is 16.7 Å². The Bertz CT molecular complexity index is 1210. The molecule has 3 heterocycles. The Kier molecular flexibility index (Phi) is 5.78. The summed E-state index contributed by atoms with van der Waals surface area (Å²) in [7, 11) is -3.95. The number of thiophene rings is 1. The van der Waals surface area contributed by atoms with Gasteiger partial charge in [0.2, 0.25) is 0 Å². The highest BCUT2D eigenvalue weighted by Crippen LogP contribution is 2.46. The number of thioether (sulfide) groups is 1. The molecule has 29 heavy (non-hydrogen) atoms. The molecule has 1 aromatic carbocycles. The van der Waals surface area contributed by atoms with Gasteiger partial charge in [0.1, 0.15) is 4.70 Å². The maximum Gasteiger partial charge on any atom is 0.280 e. The summed E-state index contributed by atoms with van der Waals surface area (Å²) in [5.74, 6) is -0.224. The van der Waals surface area contributed by atoms with Crippen LogP contribution < -0.4 is 9.47 Å². The molecule has 1 aliphatic heterocycles. The Balaban J connectivity index is 1.75. The van der Waals surface area contributed by atoms with Gasteiger partial charge in [-0.15, -0.1) is 0 Å². The van der Waals surface area contributed by atoms with Crippen molar-refractivity contribution in [3.63, 3.8) is 0 Å². The average Bonchev–Trinajstić information content (AvgIpc) is 3.27. The summed E-state index contributed by atoms with van der Waals surface area (Å²) in [6.45, 7) is 7.86. The van der Waals surface area contributed by atoms with Gasteiger partial charge in [-0.05, 0) is 38.5 Å². The Labute approximate surface area is 183 Å². The molecular formula is C20H23N2O3S4+. The average molecular weight is 468 g/mol. The summed E-state index contributed by atoms with van der Waals surface area (Å²) in [6, 6.07) is 8.41. The Morgan fingerprint density at radius 2 is 1.97 bits per heavy atom. The van der Waals surface area contributed by atoms with E-state index in [0.29, 0.717) is 13.0 Å². The molecule has 0 radical (unpaired) electrons. The summed E-state index contributed by atoms with van der Waals surface area (Å²) >= 11 is 5.27. The predicted octanol–water partition coefficient (Wildman–Crippen LogP) is 5.08. The number of fused-ring (bicyclic) bond motifs is 2. The number of thiazole rings is 1. The molecule has 0 unspecified atom stereocenters. The third kappa shape index (κ3) is 4.11. The van der Waals surface area contributed by atoms with Crippen molar-refractivity contribution in [2.45, 2.75) is 38.6 Å². The minimum Gasteiger partial charge on any atom is -0.335 e. The van der Waals surface area contributed by atoms with E-state index in [4.69, 9.17) is 4.55 Å². The van der Waals surface area contributed by atoms with E-state index < -0.39 is 10.1 Å². The molecule has 154 valence electrons. The van der Waals surface area contributed by atoms with Gasteiger partial charge in [0.05, 0.1) is 22.5 Å². The lowest BCUT2D eigenvalue weighted by Gasteiger charge is -2.17. The zero-order valence-corrected chi connectivity index (χ0v) is 19.8. The molecule has 0 saturated carbocycles.